The molecule has 0 unspecified atom stereocenters. The van der Waals surface area contributed by atoms with Gasteiger partial charge in [0.25, 0.3) is 0 Å². The van der Waals surface area contributed by atoms with Gasteiger partial charge in [-0.2, -0.15) is 0 Å². The van der Waals surface area contributed by atoms with Crippen molar-refractivity contribution < 1.29 is 19.5 Å². The van der Waals surface area contributed by atoms with Gasteiger partial charge < -0.3 is 21.1 Å². The largest absolute Gasteiger partial charge is 0.478 e. The summed E-state index contributed by atoms with van der Waals surface area (Å²) < 4.78 is 0. The zero-order chi connectivity index (χ0) is 15.3. The van der Waals surface area contributed by atoms with E-state index in [1.165, 1.54) is 11.0 Å². The second-order valence-electron chi connectivity index (χ2n) is 4.25. The zero-order valence-corrected chi connectivity index (χ0v) is 11.3. The molecule has 0 aliphatic rings. The van der Waals surface area contributed by atoms with Crippen molar-refractivity contribution in [3.05, 3.63) is 29.3 Å². The number of rotatable bonds is 5. The second kappa shape index (κ2) is 6.55. The van der Waals surface area contributed by atoms with Crippen molar-refractivity contribution in [2.24, 2.45) is 5.73 Å². The minimum atomic E-state index is -1.07. The number of aryl methyl sites for hydroxylation is 1. The number of primary amides is 1. The molecular weight excluding hydrogens is 262 g/mol. The van der Waals surface area contributed by atoms with E-state index in [2.05, 4.69) is 5.32 Å². The molecule has 0 aliphatic carbocycles. The summed E-state index contributed by atoms with van der Waals surface area (Å²) in [6.07, 6.45) is 0. The number of nitrogens with one attached hydrogen (secondary N) is 1. The number of amides is 3. The molecule has 0 spiro atoms. The molecule has 0 radical (unpaired) electrons. The lowest BCUT2D eigenvalue weighted by molar-refractivity contribution is -0.118. The van der Waals surface area contributed by atoms with Crippen LogP contribution in [0, 0.1) is 6.92 Å². The molecule has 0 bridgehead atoms. The zero-order valence-electron chi connectivity index (χ0n) is 11.3. The molecule has 108 valence electrons. The number of hydrogen-bond acceptors (Lipinski definition) is 3. The van der Waals surface area contributed by atoms with Crippen LogP contribution >= 0.6 is 0 Å². The van der Waals surface area contributed by atoms with E-state index in [0.717, 1.165) is 0 Å². The maximum atomic E-state index is 11.9. The van der Waals surface area contributed by atoms with Gasteiger partial charge in [0, 0.05) is 12.2 Å². The van der Waals surface area contributed by atoms with Crippen LogP contribution in [0.25, 0.3) is 0 Å². The molecule has 7 nitrogen and oxygen atoms in total. The van der Waals surface area contributed by atoms with Crippen molar-refractivity contribution in [1.29, 1.82) is 0 Å². The first-order valence-corrected chi connectivity index (χ1v) is 6.03. The number of likely N-dealkylation sites (N-methyl/N-ethyl adjacent to an activating group) is 1. The van der Waals surface area contributed by atoms with Crippen molar-refractivity contribution >= 4 is 23.6 Å². The smallest absolute Gasteiger partial charge is 0.336 e. The summed E-state index contributed by atoms with van der Waals surface area (Å²) in [7, 11) is 0. The Bertz CT molecular complexity index is 542. The standard InChI is InChI=1S/C13H17N3O4/c1-3-16(7-11(14)17)13(20)15-9-5-4-8(2)10(6-9)12(18)19/h4-6H,3,7H2,1-2H3,(H2,14,17)(H,15,20)(H,18,19). The van der Waals surface area contributed by atoms with Crippen LogP contribution in [-0.4, -0.2) is 41.0 Å². The number of carbonyl (C=O) groups is 3. The maximum Gasteiger partial charge on any atom is 0.336 e. The van der Waals surface area contributed by atoms with Crippen molar-refractivity contribution in [3.63, 3.8) is 0 Å². The van der Waals surface area contributed by atoms with Gasteiger partial charge in [0.2, 0.25) is 5.91 Å². The summed E-state index contributed by atoms with van der Waals surface area (Å²) in [4.78, 5) is 35.0. The molecule has 0 saturated heterocycles. The molecule has 0 saturated carbocycles. The lowest BCUT2D eigenvalue weighted by atomic mass is 10.1. The molecular formula is C13H17N3O4. The fraction of sp³-hybridized carbons (Fsp3) is 0.308. The van der Waals surface area contributed by atoms with Gasteiger partial charge in [-0.05, 0) is 31.5 Å². The topological polar surface area (TPSA) is 113 Å². The third-order valence-corrected chi connectivity index (χ3v) is 2.73. The highest BCUT2D eigenvalue weighted by atomic mass is 16.4. The summed E-state index contributed by atoms with van der Waals surface area (Å²) in [6, 6.07) is 4.06. The third kappa shape index (κ3) is 3.98. The van der Waals surface area contributed by atoms with E-state index in [9.17, 15) is 14.4 Å². The molecule has 3 amide bonds. The first-order valence-electron chi connectivity index (χ1n) is 6.03. The summed E-state index contributed by atoms with van der Waals surface area (Å²) >= 11 is 0. The normalized spacial score (nSPS) is 9.90. The van der Waals surface area contributed by atoms with Gasteiger partial charge in [0.1, 0.15) is 6.54 Å². The number of anilines is 1. The Morgan fingerprint density at radius 1 is 1.35 bits per heavy atom. The van der Waals surface area contributed by atoms with Crippen molar-refractivity contribution in [1.82, 2.24) is 4.90 Å². The Morgan fingerprint density at radius 2 is 2.00 bits per heavy atom. The van der Waals surface area contributed by atoms with Crippen LogP contribution < -0.4 is 11.1 Å². The van der Waals surface area contributed by atoms with Gasteiger partial charge in [0.05, 0.1) is 5.56 Å². The molecule has 0 fully saturated rings. The van der Waals surface area contributed by atoms with E-state index in [1.54, 1.807) is 26.0 Å². The Balaban J connectivity index is 2.87. The van der Waals surface area contributed by atoms with Crippen molar-refractivity contribution in [2.45, 2.75) is 13.8 Å². The van der Waals surface area contributed by atoms with Crippen LogP contribution in [0.3, 0.4) is 0 Å². The quantitative estimate of drug-likeness (QED) is 0.747. The molecule has 4 N–H and O–H groups in total. The van der Waals surface area contributed by atoms with Gasteiger partial charge in [-0.15, -0.1) is 0 Å². The summed E-state index contributed by atoms with van der Waals surface area (Å²) in [5.74, 6) is -1.68. The van der Waals surface area contributed by atoms with E-state index < -0.39 is 17.9 Å². The molecule has 1 aromatic carbocycles. The highest BCUT2D eigenvalue weighted by Crippen LogP contribution is 2.15. The average molecular weight is 279 g/mol. The number of carboxylic acid groups (broad SMARTS) is 1. The summed E-state index contributed by atoms with van der Waals surface area (Å²) in [5.41, 5.74) is 6.10. The van der Waals surface area contributed by atoms with E-state index in [1.807, 2.05) is 0 Å². The van der Waals surface area contributed by atoms with Gasteiger partial charge >= 0.3 is 12.0 Å². The average Bonchev–Trinajstić information content (AvgIpc) is 2.37. The van der Waals surface area contributed by atoms with Crippen molar-refractivity contribution in [2.75, 3.05) is 18.4 Å². The minimum Gasteiger partial charge on any atom is -0.478 e. The summed E-state index contributed by atoms with van der Waals surface area (Å²) in [6.45, 7) is 3.49. The van der Waals surface area contributed by atoms with Crippen LogP contribution in [-0.2, 0) is 4.79 Å². The lowest BCUT2D eigenvalue weighted by Crippen LogP contribution is -2.40. The fourth-order valence-corrected chi connectivity index (χ4v) is 1.65. The molecule has 7 heteroatoms. The van der Waals surface area contributed by atoms with E-state index in [0.29, 0.717) is 17.8 Å². The van der Waals surface area contributed by atoms with E-state index in [4.69, 9.17) is 10.8 Å². The highest BCUT2D eigenvalue weighted by Gasteiger charge is 2.15. The lowest BCUT2D eigenvalue weighted by Gasteiger charge is -2.19. The maximum absolute atomic E-state index is 11.9. The predicted octanol–water partition coefficient (Wildman–Crippen LogP) is 1.03. The van der Waals surface area contributed by atoms with Crippen LogP contribution in [0.15, 0.2) is 18.2 Å². The number of nitrogens with zero attached hydrogens (tertiary/aromatic N) is 1. The van der Waals surface area contributed by atoms with Gasteiger partial charge in [-0.3, -0.25) is 4.79 Å². The number of carbonyl (C=O) groups excluding carboxylic acids is 2. The first kappa shape index (κ1) is 15.5. The fourth-order valence-electron chi connectivity index (χ4n) is 1.65. The van der Waals surface area contributed by atoms with Crippen LogP contribution in [0.4, 0.5) is 10.5 Å². The number of carboxylic acids is 1. The molecule has 0 aliphatic heterocycles. The number of benzene rings is 1. The molecule has 0 atom stereocenters. The molecule has 1 rings (SSSR count). The number of urea groups is 1. The minimum absolute atomic E-state index is 0.112. The van der Waals surface area contributed by atoms with Crippen LogP contribution in [0.5, 0.6) is 0 Å². The highest BCUT2D eigenvalue weighted by molar-refractivity contribution is 5.95. The second-order valence-corrected chi connectivity index (χ2v) is 4.25. The monoisotopic (exact) mass is 279 g/mol. The van der Waals surface area contributed by atoms with Gasteiger partial charge in [-0.25, -0.2) is 9.59 Å². The third-order valence-electron chi connectivity index (χ3n) is 2.73. The van der Waals surface area contributed by atoms with Crippen LogP contribution in [0.1, 0.15) is 22.8 Å². The molecule has 0 heterocycles. The number of hydrogen-bond donors (Lipinski definition) is 3. The van der Waals surface area contributed by atoms with Crippen LogP contribution in [0.2, 0.25) is 0 Å². The Morgan fingerprint density at radius 3 is 2.50 bits per heavy atom. The predicted molar refractivity (Wildman–Crippen MR) is 73.6 cm³/mol. The molecule has 0 aromatic heterocycles. The van der Waals surface area contributed by atoms with Gasteiger partial charge in [0.15, 0.2) is 0 Å². The Hall–Kier alpha value is -2.57. The summed E-state index contributed by atoms with van der Waals surface area (Å²) in [5, 5.41) is 11.6. The Kier molecular flexibility index (Phi) is 5.08. The number of nitrogens with two attached hydrogens (primary N) is 1. The van der Waals surface area contributed by atoms with Crippen molar-refractivity contribution in [3.8, 4) is 0 Å². The van der Waals surface area contributed by atoms with E-state index in [-0.39, 0.29) is 12.1 Å². The first-order chi connectivity index (χ1) is 9.35. The molecule has 20 heavy (non-hydrogen) atoms. The number of aromatic carboxylic acids is 1. The molecule has 1 aromatic rings. The SMILES string of the molecule is CCN(CC(N)=O)C(=O)Nc1ccc(C)c(C(=O)O)c1. The van der Waals surface area contributed by atoms with E-state index >= 15 is 0 Å². The van der Waals surface area contributed by atoms with Gasteiger partial charge in [-0.1, -0.05) is 6.07 Å². The Labute approximate surface area is 116 Å².